The fraction of sp³-hybridized carbons (Fsp3) is 0.278. The highest BCUT2D eigenvalue weighted by Crippen LogP contribution is 2.11. The van der Waals surface area contributed by atoms with Crippen LogP contribution in [-0.4, -0.2) is 27.3 Å². The lowest BCUT2D eigenvalue weighted by Crippen LogP contribution is -2.36. The zero-order valence-corrected chi connectivity index (χ0v) is 18.0. The van der Waals surface area contributed by atoms with E-state index in [4.69, 9.17) is 0 Å². The number of thiazole rings is 1. The van der Waals surface area contributed by atoms with Gasteiger partial charge >= 0.3 is 0 Å². The fourth-order valence-electron chi connectivity index (χ4n) is 2.32. The molecular formula is C18H23IN6S. The zero-order chi connectivity index (χ0) is 17.5. The van der Waals surface area contributed by atoms with Crippen molar-refractivity contribution in [3.05, 3.63) is 64.4 Å². The average molecular weight is 482 g/mol. The number of aromatic nitrogens is 3. The molecule has 0 aliphatic carbocycles. The molecule has 0 aliphatic heterocycles. The van der Waals surface area contributed by atoms with Crippen LogP contribution in [0.15, 0.2) is 53.9 Å². The van der Waals surface area contributed by atoms with E-state index in [0.717, 1.165) is 28.8 Å². The number of nitrogens with zero attached hydrogens (tertiary/aromatic N) is 4. The van der Waals surface area contributed by atoms with Crippen molar-refractivity contribution in [1.29, 1.82) is 0 Å². The minimum absolute atomic E-state index is 0. The van der Waals surface area contributed by atoms with Gasteiger partial charge in [0.15, 0.2) is 5.96 Å². The van der Waals surface area contributed by atoms with Gasteiger partial charge in [0, 0.05) is 29.4 Å². The van der Waals surface area contributed by atoms with Gasteiger partial charge in [-0.15, -0.1) is 35.3 Å². The summed E-state index contributed by atoms with van der Waals surface area (Å²) in [7, 11) is 0. The number of guanidine groups is 1. The van der Waals surface area contributed by atoms with E-state index >= 15 is 0 Å². The third kappa shape index (κ3) is 5.80. The molecule has 138 valence electrons. The Balaban J connectivity index is 0.00000243. The summed E-state index contributed by atoms with van der Waals surface area (Å²) in [5, 5.41) is 12.0. The number of halogens is 1. The molecule has 26 heavy (non-hydrogen) atoms. The Morgan fingerprint density at radius 3 is 2.69 bits per heavy atom. The molecule has 2 heterocycles. The molecule has 3 aromatic rings. The summed E-state index contributed by atoms with van der Waals surface area (Å²) >= 11 is 1.69. The first-order chi connectivity index (χ1) is 12.2. The van der Waals surface area contributed by atoms with Gasteiger partial charge in [-0.1, -0.05) is 18.2 Å². The third-order valence-electron chi connectivity index (χ3n) is 3.50. The summed E-state index contributed by atoms with van der Waals surface area (Å²) in [5.74, 6) is 0.780. The molecule has 0 saturated heterocycles. The number of hydrogen-bond acceptors (Lipinski definition) is 4. The topological polar surface area (TPSA) is 67.1 Å². The molecule has 0 aliphatic rings. The summed E-state index contributed by atoms with van der Waals surface area (Å²) in [5.41, 5.74) is 2.10. The van der Waals surface area contributed by atoms with Crippen LogP contribution in [0, 0.1) is 6.92 Å². The van der Waals surface area contributed by atoms with E-state index in [1.807, 2.05) is 53.6 Å². The summed E-state index contributed by atoms with van der Waals surface area (Å²) in [6.07, 6.45) is 5.75. The van der Waals surface area contributed by atoms with E-state index in [2.05, 4.69) is 39.6 Å². The van der Waals surface area contributed by atoms with E-state index in [9.17, 15) is 0 Å². The lowest BCUT2D eigenvalue weighted by molar-refractivity contribution is 0.811. The Kier molecular flexibility index (Phi) is 8.05. The second-order valence-electron chi connectivity index (χ2n) is 5.54. The minimum Gasteiger partial charge on any atom is -0.357 e. The molecule has 2 aromatic heterocycles. The first-order valence-corrected chi connectivity index (χ1v) is 9.08. The Morgan fingerprint density at radius 1 is 1.19 bits per heavy atom. The normalized spacial score (nSPS) is 11.1. The van der Waals surface area contributed by atoms with Crippen molar-refractivity contribution in [2.75, 3.05) is 6.54 Å². The molecule has 8 heteroatoms. The van der Waals surface area contributed by atoms with E-state index in [-0.39, 0.29) is 24.0 Å². The molecule has 0 saturated carbocycles. The van der Waals surface area contributed by atoms with Crippen molar-refractivity contribution in [1.82, 2.24) is 25.4 Å². The minimum atomic E-state index is 0. The second-order valence-corrected chi connectivity index (χ2v) is 6.86. The molecular weight excluding hydrogens is 459 g/mol. The van der Waals surface area contributed by atoms with Gasteiger partial charge in [-0.2, -0.15) is 5.10 Å². The highest BCUT2D eigenvalue weighted by molar-refractivity contribution is 14.0. The molecule has 0 radical (unpaired) electrons. The Hall–Kier alpha value is -1.94. The van der Waals surface area contributed by atoms with Crippen molar-refractivity contribution in [3.63, 3.8) is 0 Å². The van der Waals surface area contributed by atoms with Crippen molar-refractivity contribution < 1.29 is 0 Å². The van der Waals surface area contributed by atoms with E-state index < -0.39 is 0 Å². The molecule has 0 fully saturated rings. The Labute approximate surface area is 174 Å². The first kappa shape index (κ1) is 20.4. The number of rotatable bonds is 6. The van der Waals surface area contributed by atoms with Crippen LogP contribution in [0.25, 0.3) is 5.69 Å². The molecule has 0 atom stereocenters. The molecule has 0 bridgehead atoms. The summed E-state index contributed by atoms with van der Waals surface area (Å²) < 4.78 is 1.86. The van der Waals surface area contributed by atoms with E-state index in [0.29, 0.717) is 13.1 Å². The van der Waals surface area contributed by atoms with Crippen molar-refractivity contribution in [2.45, 2.75) is 26.9 Å². The molecule has 6 nitrogen and oxygen atoms in total. The van der Waals surface area contributed by atoms with Crippen LogP contribution in [0.5, 0.6) is 0 Å². The van der Waals surface area contributed by atoms with Crippen LogP contribution in [0.4, 0.5) is 0 Å². The number of nitrogens with one attached hydrogen (secondary N) is 2. The molecule has 0 amide bonds. The largest absolute Gasteiger partial charge is 0.357 e. The average Bonchev–Trinajstić information content (AvgIpc) is 3.27. The molecule has 1 aromatic carbocycles. The van der Waals surface area contributed by atoms with Gasteiger partial charge in [0.05, 0.1) is 25.0 Å². The van der Waals surface area contributed by atoms with Gasteiger partial charge < -0.3 is 10.6 Å². The third-order valence-corrected chi connectivity index (χ3v) is 4.41. The van der Waals surface area contributed by atoms with Crippen LogP contribution in [0.2, 0.25) is 0 Å². The molecule has 0 spiro atoms. The van der Waals surface area contributed by atoms with E-state index in [1.165, 1.54) is 4.88 Å². The number of para-hydroxylation sites is 1. The monoisotopic (exact) mass is 482 g/mol. The van der Waals surface area contributed by atoms with Crippen LogP contribution in [-0.2, 0) is 13.1 Å². The standard InChI is InChI=1S/C18H22N6S.HI/c1-3-19-18(22-12-17-20-9-14(2)25-17)21-10-15-11-23-24(13-15)16-7-5-4-6-8-16;/h4-9,11,13H,3,10,12H2,1-2H3,(H2,19,21,22);1H. The molecule has 3 rings (SSSR count). The SMILES string of the molecule is CCNC(=NCc1cnn(-c2ccccc2)c1)NCc1ncc(C)s1.I. The predicted octanol–water partition coefficient (Wildman–Crippen LogP) is 3.51. The zero-order valence-electron chi connectivity index (χ0n) is 14.8. The highest BCUT2D eigenvalue weighted by atomic mass is 127. The van der Waals surface area contributed by atoms with Crippen LogP contribution in [0.1, 0.15) is 22.4 Å². The lowest BCUT2D eigenvalue weighted by atomic mass is 10.3. The number of hydrogen-bond donors (Lipinski definition) is 2. The molecule has 2 N–H and O–H groups in total. The summed E-state index contributed by atoms with van der Waals surface area (Å²) in [6, 6.07) is 10.1. The van der Waals surface area contributed by atoms with Crippen LogP contribution < -0.4 is 10.6 Å². The fourth-order valence-corrected chi connectivity index (χ4v) is 3.05. The second kappa shape index (κ2) is 10.3. The van der Waals surface area contributed by atoms with Gasteiger partial charge in [-0.3, -0.25) is 0 Å². The van der Waals surface area contributed by atoms with E-state index in [1.54, 1.807) is 11.3 Å². The van der Waals surface area contributed by atoms with Crippen molar-refractivity contribution >= 4 is 41.3 Å². The summed E-state index contributed by atoms with van der Waals surface area (Å²) in [4.78, 5) is 10.2. The maximum Gasteiger partial charge on any atom is 0.191 e. The Morgan fingerprint density at radius 2 is 2.00 bits per heavy atom. The van der Waals surface area contributed by atoms with Crippen molar-refractivity contribution in [2.24, 2.45) is 4.99 Å². The Bertz CT molecular complexity index is 827. The van der Waals surface area contributed by atoms with Gasteiger partial charge in [0.25, 0.3) is 0 Å². The van der Waals surface area contributed by atoms with Gasteiger partial charge in [0.1, 0.15) is 5.01 Å². The first-order valence-electron chi connectivity index (χ1n) is 8.27. The van der Waals surface area contributed by atoms with Gasteiger partial charge in [-0.25, -0.2) is 14.7 Å². The number of aryl methyl sites for hydroxylation is 1. The predicted molar refractivity (Wildman–Crippen MR) is 117 cm³/mol. The lowest BCUT2D eigenvalue weighted by Gasteiger charge is -2.09. The van der Waals surface area contributed by atoms with Crippen LogP contribution >= 0.6 is 35.3 Å². The maximum absolute atomic E-state index is 4.63. The smallest absolute Gasteiger partial charge is 0.191 e. The highest BCUT2D eigenvalue weighted by Gasteiger charge is 2.03. The number of benzene rings is 1. The molecule has 0 unspecified atom stereocenters. The quantitative estimate of drug-likeness (QED) is 0.321. The number of aliphatic imine (C=N–C) groups is 1. The van der Waals surface area contributed by atoms with Crippen LogP contribution in [0.3, 0.4) is 0 Å². The van der Waals surface area contributed by atoms with Gasteiger partial charge in [-0.05, 0) is 26.0 Å². The summed E-state index contributed by atoms with van der Waals surface area (Å²) in [6.45, 7) is 6.17. The van der Waals surface area contributed by atoms with Crippen molar-refractivity contribution in [3.8, 4) is 5.69 Å². The van der Waals surface area contributed by atoms with Gasteiger partial charge in [0.2, 0.25) is 0 Å². The maximum atomic E-state index is 4.63.